The number of hydrogen-bond donors (Lipinski definition) is 1. The van der Waals surface area contributed by atoms with Crippen molar-refractivity contribution in [2.45, 2.75) is 70.0 Å². The standard InChI is InChI=1S/C17H30O3/c1-13(2)14-3-6-17(18,7-4-14)15-5-9-20-16(11-15)8-10-19-12-16/h13-15,18H,3-12H2,1-2H3. The second kappa shape index (κ2) is 5.58. The van der Waals surface area contributed by atoms with Crippen LogP contribution < -0.4 is 0 Å². The van der Waals surface area contributed by atoms with Gasteiger partial charge in [0.25, 0.3) is 0 Å². The van der Waals surface area contributed by atoms with Crippen molar-refractivity contribution in [3.8, 4) is 0 Å². The van der Waals surface area contributed by atoms with E-state index in [2.05, 4.69) is 13.8 Å². The fraction of sp³-hybridized carbons (Fsp3) is 1.00. The van der Waals surface area contributed by atoms with Gasteiger partial charge in [0.15, 0.2) is 0 Å². The Balaban J connectivity index is 1.63. The van der Waals surface area contributed by atoms with Crippen LogP contribution in [0.3, 0.4) is 0 Å². The lowest BCUT2D eigenvalue weighted by Crippen LogP contribution is -2.50. The molecule has 2 unspecified atom stereocenters. The van der Waals surface area contributed by atoms with Gasteiger partial charge < -0.3 is 14.6 Å². The molecule has 0 amide bonds. The number of rotatable bonds is 2. The summed E-state index contributed by atoms with van der Waals surface area (Å²) in [5.74, 6) is 1.97. The molecule has 2 atom stereocenters. The maximum Gasteiger partial charge on any atom is 0.0940 e. The zero-order valence-corrected chi connectivity index (χ0v) is 13.1. The average molecular weight is 282 g/mol. The summed E-state index contributed by atoms with van der Waals surface area (Å²) in [7, 11) is 0. The first kappa shape index (κ1) is 14.8. The Morgan fingerprint density at radius 3 is 2.40 bits per heavy atom. The highest BCUT2D eigenvalue weighted by atomic mass is 16.6. The van der Waals surface area contributed by atoms with Gasteiger partial charge in [-0.05, 0) is 56.3 Å². The SMILES string of the molecule is CC(C)C1CCC(O)(C2CCOC3(CCOC3)C2)CC1. The molecule has 3 fully saturated rings. The second-order valence-electron chi connectivity index (χ2n) is 7.71. The maximum atomic E-state index is 11.1. The van der Waals surface area contributed by atoms with Crippen LogP contribution in [0.5, 0.6) is 0 Å². The van der Waals surface area contributed by atoms with Crippen molar-refractivity contribution >= 4 is 0 Å². The van der Waals surface area contributed by atoms with E-state index in [-0.39, 0.29) is 5.60 Å². The van der Waals surface area contributed by atoms with Crippen LogP contribution in [0.2, 0.25) is 0 Å². The third kappa shape index (κ3) is 2.77. The van der Waals surface area contributed by atoms with E-state index < -0.39 is 5.60 Å². The van der Waals surface area contributed by atoms with Crippen LogP contribution in [-0.4, -0.2) is 36.1 Å². The molecule has 0 radical (unpaired) electrons. The van der Waals surface area contributed by atoms with Gasteiger partial charge in [-0.2, -0.15) is 0 Å². The van der Waals surface area contributed by atoms with Crippen LogP contribution in [0.15, 0.2) is 0 Å². The molecular formula is C17H30O3. The highest BCUT2D eigenvalue weighted by Gasteiger charge is 2.48. The van der Waals surface area contributed by atoms with Gasteiger partial charge >= 0.3 is 0 Å². The van der Waals surface area contributed by atoms with Crippen molar-refractivity contribution in [3.05, 3.63) is 0 Å². The second-order valence-corrected chi connectivity index (χ2v) is 7.71. The molecule has 3 aliphatic rings. The van der Waals surface area contributed by atoms with E-state index >= 15 is 0 Å². The van der Waals surface area contributed by atoms with Crippen LogP contribution >= 0.6 is 0 Å². The Morgan fingerprint density at radius 2 is 1.80 bits per heavy atom. The van der Waals surface area contributed by atoms with Gasteiger partial charge in [-0.15, -0.1) is 0 Å². The largest absolute Gasteiger partial charge is 0.390 e. The summed E-state index contributed by atoms with van der Waals surface area (Å²) >= 11 is 0. The summed E-state index contributed by atoms with van der Waals surface area (Å²) in [6, 6.07) is 0. The molecule has 3 nitrogen and oxygen atoms in total. The summed E-state index contributed by atoms with van der Waals surface area (Å²) in [6.45, 7) is 6.97. The molecule has 2 aliphatic heterocycles. The van der Waals surface area contributed by atoms with E-state index in [9.17, 15) is 5.11 Å². The lowest BCUT2D eigenvalue weighted by molar-refractivity contribution is -0.154. The Morgan fingerprint density at radius 1 is 1.05 bits per heavy atom. The molecule has 3 heteroatoms. The van der Waals surface area contributed by atoms with Crippen molar-refractivity contribution in [2.24, 2.45) is 17.8 Å². The van der Waals surface area contributed by atoms with Crippen LogP contribution in [-0.2, 0) is 9.47 Å². The Hall–Kier alpha value is -0.120. The van der Waals surface area contributed by atoms with Crippen molar-refractivity contribution in [3.63, 3.8) is 0 Å². The Bertz CT molecular complexity index is 325. The van der Waals surface area contributed by atoms with Crippen LogP contribution in [0.4, 0.5) is 0 Å². The van der Waals surface area contributed by atoms with Gasteiger partial charge in [-0.1, -0.05) is 13.8 Å². The lowest BCUT2D eigenvalue weighted by atomic mass is 9.66. The normalized spacial score (nSPS) is 46.2. The lowest BCUT2D eigenvalue weighted by Gasteiger charge is -2.47. The molecule has 1 N–H and O–H groups in total. The van der Waals surface area contributed by atoms with Crippen LogP contribution in [0.1, 0.15) is 58.8 Å². The summed E-state index contributed by atoms with van der Waals surface area (Å²) in [4.78, 5) is 0. The highest BCUT2D eigenvalue weighted by Crippen LogP contribution is 2.47. The predicted molar refractivity (Wildman–Crippen MR) is 78.6 cm³/mol. The molecular weight excluding hydrogens is 252 g/mol. The molecule has 0 aromatic rings. The Labute approximate surface area is 123 Å². The summed E-state index contributed by atoms with van der Waals surface area (Å²) < 4.78 is 11.6. The first-order valence-corrected chi connectivity index (χ1v) is 8.47. The number of hydrogen-bond acceptors (Lipinski definition) is 3. The topological polar surface area (TPSA) is 38.7 Å². The number of ether oxygens (including phenoxy) is 2. The highest BCUT2D eigenvalue weighted by molar-refractivity contribution is 4.99. The molecule has 1 saturated carbocycles. The van der Waals surface area contributed by atoms with E-state index in [1.807, 2.05) is 0 Å². The minimum atomic E-state index is -0.440. The van der Waals surface area contributed by atoms with E-state index in [1.165, 1.54) is 12.8 Å². The third-order valence-corrected chi connectivity index (χ3v) is 6.16. The fourth-order valence-corrected chi connectivity index (χ4v) is 4.56. The third-order valence-electron chi connectivity index (χ3n) is 6.16. The molecule has 0 aromatic carbocycles. The molecule has 116 valence electrons. The van der Waals surface area contributed by atoms with Gasteiger partial charge in [0.05, 0.1) is 17.8 Å². The van der Waals surface area contributed by atoms with Gasteiger partial charge in [0.1, 0.15) is 0 Å². The molecule has 1 spiro atoms. The average Bonchev–Trinajstić information content (AvgIpc) is 2.87. The minimum Gasteiger partial charge on any atom is -0.390 e. The summed E-state index contributed by atoms with van der Waals surface area (Å²) in [5.41, 5.74) is -0.516. The van der Waals surface area contributed by atoms with Crippen molar-refractivity contribution < 1.29 is 14.6 Å². The van der Waals surface area contributed by atoms with E-state index in [0.29, 0.717) is 5.92 Å². The zero-order valence-electron chi connectivity index (χ0n) is 13.1. The molecule has 0 bridgehead atoms. The molecule has 20 heavy (non-hydrogen) atoms. The first-order chi connectivity index (χ1) is 9.53. The van der Waals surface area contributed by atoms with Gasteiger partial charge in [-0.3, -0.25) is 0 Å². The van der Waals surface area contributed by atoms with Crippen molar-refractivity contribution in [1.29, 1.82) is 0 Å². The van der Waals surface area contributed by atoms with E-state index in [0.717, 1.165) is 63.8 Å². The van der Waals surface area contributed by atoms with Gasteiger partial charge in [0.2, 0.25) is 0 Å². The summed E-state index contributed by atoms with van der Waals surface area (Å²) in [5, 5.41) is 11.1. The van der Waals surface area contributed by atoms with Gasteiger partial charge in [-0.25, -0.2) is 0 Å². The summed E-state index contributed by atoms with van der Waals surface area (Å²) in [6.07, 6.45) is 7.37. The van der Waals surface area contributed by atoms with Crippen LogP contribution in [0, 0.1) is 17.8 Å². The van der Waals surface area contributed by atoms with E-state index in [4.69, 9.17) is 9.47 Å². The molecule has 2 heterocycles. The van der Waals surface area contributed by atoms with Crippen molar-refractivity contribution in [1.82, 2.24) is 0 Å². The van der Waals surface area contributed by atoms with Crippen molar-refractivity contribution in [2.75, 3.05) is 19.8 Å². The Kier molecular flexibility index (Phi) is 4.13. The monoisotopic (exact) mass is 282 g/mol. The number of aliphatic hydroxyl groups is 1. The fourth-order valence-electron chi connectivity index (χ4n) is 4.56. The molecule has 3 rings (SSSR count). The smallest absolute Gasteiger partial charge is 0.0940 e. The van der Waals surface area contributed by atoms with Gasteiger partial charge in [0, 0.05) is 19.6 Å². The first-order valence-electron chi connectivity index (χ1n) is 8.47. The van der Waals surface area contributed by atoms with Crippen LogP contribution in [0.25, 0.3) is 0 Å². The van der Waals surface area contributed by atoms with E-state index in [1.54, 1.807) is 0 Å². The molecule has 0 aromatic heterocycles. The predicted octanol–water partition coefficient (Wildman–Crippen LogP) is 3.15. The minimum absolute atomic E-state index is 0.0758. The molecule has 1 aliphatic carbocycles. The zero-order chi connectivity index (χ0) is 14.2. The molecule has 2 saturated heterocycles. The quantitative estimate of drug-likeness (QED) is 0.845. The maximum absolute atomic E-state index is 11.1.